The highest BCUT2D eigenvalue weighted by Crippen LogP contribution is 2.21. The minimum Gasteiger partial charge on any atom is -0.396 e. The summed E-state index contributed by atoms with van der Waals surface area (Å²) in [6, 6.07) is 0.00924. The highest BCUT2D eigenvalue weighted by Gasteiger charge is 2.25. The summed E-state index contributed by atoms with van der Waals surface area (Å²) in [5, 5.41) is 11.9. The molecule has 1 amide bonds. The van der Waals surface area contributed by atoms with Gasteiger partial charge in [-0.3, -0.25) is 4.79 Å². The van der Waals surface area contributed by atoms with Crippen LogP contribution in [-0.2, 0) is 4.79 Å². The Morgan fingerprint density at radius 3 is 2.38 bits per heavy atom. The average Bonchev–Trinajstić information content (AvgIpc) is 2.15. The summed E-state index contributed by atoms with van der Waals surface area (Å²) >= 11 is 0. The molecule has 0 rings (SSSR count). The van der Waals surface area contributed by atoms with Gasteiger partial charge in [0.25, 0.3) is 0 Å². The largest absolute Gasteiger partial charge is 0.396 e. The van der Waals surface area contributed by atoms with Crippen LogP contribution in [0.15, 0.2) is 0 Å². The molecule has 96 valence electrons. The molecule has 2 atom stereocenters. The van der Waals surface area contributed by atoms with Gasteiger partial charge in [0.15, 0.2) is 0 Å². The second kappa shape index (κ2) is 6.86. The molecule has 2 unspecified atom stereocenters. The maximum atomic E-state index is 11.7. The molecule has 0 aromatic carbocycles. The summed E-state index contributed by atoms with van der Waals surface area (Å²) in [4.78, 5) is 11.7. The minimum atomic E-state index is -0.0374. The van der Waals surface area contributed by atoms with Crippen molar-refractivity contribution in [2.24, 2.45) is 17.1 Å². The molecule has 4 nitrogen and oxygen atoms in total. The van der Waals surface area contributed by atoms with Crippen LogP contribution in [0.1, 0.15) is 40.5 Å². The molecule has 0 bridgehead atoms. The molecule has 0 aromatic heterocycles. The van der Waals surface area contributed by atoms with E-state index in [-0.39, 0.29) is 29.9 Å². The van der Waals surface area contributed by atoms with Crippen LogP contribution < -0.4 is 11.1 Å². The number of amides is 1. The highest BCUT2D eigenvalue weighted by molar-refractivity contribution is 5.76. The van der Waals surface area contributed by atoms with Gasteiger partial charge >= 0.3 is 0 Å². The minimum absolute atomic E-state index is 0.00924. The highest BCUT2D eigenvalue weighted by atomic mass is 16.3. The van der Waals surface area contributed by atoms with Crippen molar-refractivity contribution in [1.29, 1.82) is 0 Å². The van der Waals surface area contributed by atoms with Gasteiger partial charge in [-0.05, 0) is 24.3 Å². The Balaban J connectivity index is 4.24. The van der Waals surface area contributed by atoms with E-state index in [9.17, 15) is 4.79 Å². The number of carbonyl (C=O) groups is 1. The fourth-order valence-corrected chi connectivity index (χ4v) is 1.50. The number of nitrogens with two attached hydrogens (primary N) is 1. The van der Waals surface area contributed by atoms with Crippen LogP contribution in [-0.4, -0.2) is 30.2 Å². The van der Waals surface area contributed by atoms with Crippen molar-refractivity contribution in [2.45, 2.75) is 46.6 Å². The van der Waals surface area contributed by atoms with Crippen molar-refractivity contribution in [3.05, 3.63) is 0 Å². The Morgan fingerprint density at radius 2 is 2.00 bits per heavy atom. The van der Waals surface area contributed by atoms with E-state index < -0.39 is 0 Å². The molecular weight excluding hydrogens is 204 g/mol. The van der Waals surface area contributed by atoms with E-state index in [0.29, 0.717) is 19.4 Å². The Hall–Kier alpha value is -0.610. The number of aliphatic hydroxyl groups is 1. The first-order valence-electron chi connectivity index (χ1n) is 5.91. The topological polar surface area (TPSA) is 75.4 Å². The van der Waals surface area contributed by atoms with Crippen LogP contribution in [0.2, 0.25) is 0 Å². The molecule has 16 heavy (non-hydrogen) atoms. The molecule has 4 N–H and O–H groups in total. The van der Waals surface area contributed by atoms with E-state index in [1.165, 1.54) is 0 Å². The van der Waals surface area contributed by atoms with E-state index in [1.54, 1.807) is 0 Å². The SMILES string of the molecule is CC(CN)CC(=O)NC(CCO)C(C)(C)C. The maximum Gasteiger partial charge on any atom is 0.220 e. The van der Waals surface area contributed by atoms with E-state index >= 15 is 0 Å². The lowest BCUT2D eigenvalue weighted by molar-refractivity contribution is -0.123. The van der Waals surface area contributed by atoms with Gasteiger partial charge in [-0.25, -0.2) is 0 Å². The molecule has 0 aliphatic heterocycles. The number of hydrogen-bond donors (Lipinski definition) is 3. The summed E-state index contributed by atoms with van der Waals surface area (Å²) in [6.07, 6.45) is 1.04. The molecule has 0 saturated carbocycles. The maximum absolute atomic E-state index is 11.7. The predicted molar refractivity (Wildman–Crippen MR) is 65.9 cm³/mol. The molecule has 0 spiro atoms. The number of rotatable bonds is 6. The number of nitrogens with one attached hydrogen (secondary N) is 1. The lowest BCUT2D eigenvalue weighted by Crippen LogP contribution is -2.44. The Morgan fingerprint density at radius 1 is 1.44 bits per heavy atom. The van der Waals surface area contributed by atoms with Gasteiger partial charge in [0.05, 0.1) is 0 Å². The van der Waals surface area contributed by atoms with Crippen LogP contribution in [0.3, 0.4) is 0 Å². The molecule has 0 heterocycles. The number of aliphatic hydroxyl groups excluding tert-OH is 1. The Bertz CT molecular complexity index is 212. The Labute approximate surface area is 98.6 Å². The molecule has 4 heteroatoms. The molecule has 0 aliphatic carbocycles. The zero-order valence-electron chi connectivity index (χ0n) is 10.9. The molecule has 0 aromatic rings. The average molecular weight is 230 g/mol. The molecule has 0 aliphatic rings. The zero-order valence-corrected chi connectivity index (χ0v) is 10.9. The Kier molecular flexibility index (Phi) is 6.60. The van der Waals surface area contributed by atoms with Crippen LogP contribution in [0.4, 0.5) is 0 Å². The van der Waals surface area contributed by atoms with Gasteiger partial charge < -0.3 is 16.2 Å². The predicted octanol–water partition coefficient (Wildman–Crippen LogP) is 0.885. The summed E-state index contributed by atoms with van der Waals surface area (Å²) in [5.41, 5.74) is 5.44. The van der Waals surface area contributed by atoms with E-state index in [1.807, 2.05) is 6.92 Å². The summed E-state index contributed by atoms with van der Waals surface area (Å²) < 4.78 is 0. The fourth-order valence-electron chi connectivity index (χ4n) is 1.50. The van der Waals surface area contributed by atoms with Crippen molar-refractivity contribution >= 4 is 5.91 Å². The smallest absolute Gasteiger partial charge is 0.220 e. The van der Waals surface area contributed by atoms with Crippen LogP contribution in [0.5, 0.6) is 0 Å². The van der Waals surface area contributed by atoms with Crippen LogP contribution >= 0.6 is 0 Å². The third-order valence-corrected chi connectivity index (χ3v) is 2.73. The summed E-state index contributed by atoms with van der Waals surface area (Å²) in [7, 11) is 0. The summed E-state index contributed by atoms with van der Waals surface area (Å²) in [6.45, 7) is 8.74. The second-order valence-electron chi connectivity index (χ2n) is 5.54. The third kappa shape index (κ3) is 6.08. The van der Waals surface area contributed by atoms with Crippen LogP contribution in [0.25, 0.3) is 0 Å². The molecule has 0 fully saturated rings. The lowest BCUT2D eigenvalue weighted by Gasteiger charge is -2.31. The van der Waals surface area contributed by atoms with Crippen molar-refractivity contribution in [2.75, 3.05) is 13.2 Å². The first kappa shape index (κ1) is 15.4. The molecule has 0 saturated heterocycles. The van der Waals surface area contributed by atoms with E-state index in [0.717, 1.165) is 0 Å². The monoisotopic (exact) mass is 230 g/mol. The number of carbonyl (C=O) groups excluding carboxylic acids is 1. The van der Waals surface area contributed by atoms with Crippen molar-refractivity contribution in [3.63, 3.8) is 0 Å². The second-order valence-corrected chi connectivity index (χ2v) is 5.54. The van der Waals surface area contributed by atoms with Gasteiger partial charge in [-0.15, -0.1) is 0 Å². The van der Waals surface area contributed by atoms with Crippen LogP contribution in [0, 0.1) is 11.3 Å². The first-order chi connectivity index (χ1) is 7.31. The number of hydrogen-bond acceptors (Lipinski definition) is 3. The zero-order chi connectivity index (χ0) is 12.8. The summed E-state index contributed by atoms with van der Waals surface area (Å²) in [5.74, 6) is 0.223. The van der Waals surface area contributed by atoms with E-state index in [2.05, 4.69) is 26.1 Å². The lowest BCUT2D eigenvalue weighted by atomic mass is 9.84. The van der Waals surface area contributed by atoms with Gasteiger partial charge in [0, 0.05) is 19.1 Å². The quantitative estimate of drug-likeness (QED) is 0.634. The van der Waals surface area contributed by atoms with Crippen molar-refractivity contribution in [1.82, 2.24) is 5.32 Å². The normalized spacial score (nSPS) is 15.6. The molecule has 0 radical (unpaired) electrons. The van der Waals surface area contributed by atoms with Crippen molar-refractivity contribution < 1.29 is 9.90 Å². The van der Waals surface area contributed by atoms with Gasteiger partial charge in [0.1, 0.15) is 0 Å². The van der Waals surface area contributed by atoms with Gasteiger partial charge in [-0.2, -0.15) is 0 Å². The first-order valence-corrected chi connectivity index (χ1v) is 5.91. The standard InChI is InChI=1S/C12H26N2O2/c1-9(8-13)7-11(16)14-10(5-6-15)12(2,3)4/h9-10,15H,5-8,13H2,1-4H3,(H,14,16). The third-order valence-electron chi connectivity index (χ3n) is 2.73. The van der Waals surface area contributed by atoms with Gasteiger partial charge in [0.2, 0.25) is 5.91 Å². The van der Waals surface area contributed by atoms with Gasteiger partial charge in [-0.1, -0.05) is 27.7 Å². The van der Waals surface area contributed by atoms with E-state index in [4.69, 9.17) is 10.8 Å². The van der Waals surface area contributed by atoms with Crippen molar-refractivity contribution in [3.8, 4) is 0 Å². The fraction of sp³-hybridized carbons (Fsp3) is 0.917. The molecular formula is C12H26N2O2.